The van der Waals surface area contributed by atoms with Gasteiger partial charge in [0.2, 0.25) is 0 Å². The lowest BCUT2D eigenvalue weighted by atomic mass is 10.3. The number of rotatable bonds is 7. The standard InChI is InChI=1S/C20H29F3N6.HI/c1-3-24-19(27-16-9-12-28(13-16)14-20(21,22)23)25-10-6-11-29-15(2)26-17-7-4-5-8-18(17)29;/h4-5,7-8,16H,3,6,9-14H2,1-2H3,(H2,24,25,27);1H. The van der Waals surface area contributed by atoms with Crippen LogP contribution >= 0.6 is 24.0 Å². The second-order valence-electron chi connectivity index (χ2n) is 7.39. The maximum absolute atomic E-state index is 12.6. The number of guanidine groups is 1. The van der Waals surface area contributed by atoms with Crippen molar-refractivity contribution in [2.24, 2.45) is 4.99 Å². The first-order valence-electron chi connectivity index (χ1n) is 10.1. The van der Waals surface area contributed by atoms with Gasteiger partial charge in [-0.2, -0.15) is 13.2 Å². The number of fused-ring (bicyclic) bond motifs is 1. The zero-order chi connectivity index (χ0) is 20.9. The number of aromatic nitrogens is 2. The van der Waals surface area contributed by atoms with Crippen LogP contribution in [-0.4, -0.2) is 65.4 Å². The molecule has 1 aliphatic heterocycles. The lowest BCUT2D eigenvalue weighted by molar-refractivity contribution is -0.143. The Morgan fingerprint density at radius 2 is 2.07 bits per heavy atom. The fourth-order valence-corrected chi connectivity index (χ4v) is 3.76. The average Bonchev–Trinajstić information content (AvgIpc) is 3.20. The van der Waals surface area contributed by atoms with Gasteiger partial charge < -0.3 is 15.2 Å². The fraction of sp³-hybridized carbons (Fsp3) is 0.600. The number of hydrogen-bond acceptors (Lipinski definition) is 3. The van der Waals surface area contributed by atoms with Gasteiger partial charge in [0.1, 0.15) is 5.82 Å². The number of aliphatic imine (C=N–C) groups is 1. The molecule has 1 unspecified atom stereocenters. The number of nitrogens with zero attached hydrogens (tertiary/aromatic N) is 4. The molecule has 0 amide bonds. The van der Waals surface area contributed by atoms with Crippen LogP contribution in [-0.2, 0) is 6.54 Å². The molecule has 1 atom stereocenters. The Morgan fingerprint density at radius 1 is 1.30 bits per heavy atom. The van der Waals surface area contributed by atoms with E-state index in [1.165, 1.54) is 4.90 Å². The van der Waals surface area contributed by atoms with Gasteiger partial charge in [0.25, 0.3) is 0 Å². The van der Waals surface area contributed by atoms with E-state index >= 15 is 0 Å². The predicted octanol–water partition coefficient (Wildman–Crippen LogP) is 3.54. The van der Waals surface area contributed by atoms with Crippen LogP contribution in [0.4, 0.5) is 13.2 Å². The third kappa shape index (κ3) is 7.00. The summed E-state index contributed by atoms with van der Waals surface area (Å²) in [5.74, 6) is 1.65. The molecular formula is C20H30F3IN6. The van der Waals surface area contributed by atoms with Crippen LogP contribution in [0.25, 0.3) is 11.0 Å². The van der Waals surface area contributed by atoms with Gasteiger partial charge in [-0.3, -0.25) is 9.89 Å². The molecule has 0 aliphatic carbocycles. The van der Waals surface area contributed by atoms with Crippen LogP contribution in [0.5, 0.6) is 0 Å². The lowest BCUT2D eigenvalue weighted by Crippen LogP contribution is -2.45. The van der Waals surface area contributed by atoms with Crippen LogP contribution in [0.15, 0.2) is 29.3 Å². The number of para-hydroxylation sites is 2. The molecule has 1 aromatic heterocycles. The van der Waals surface area contributed by atoms with E-state index < -0.39 is 12.7 Å². The average molecular weight is 538 g/mol. The van der Waals surface area contributed by atoms with Crippen molar-refractivity contribution in [2.45, 2.75) is 45.5 Å². The van der Waals surface area contributed by atoms with Gasteiger partial charge in [-0.05, 0) is 38.8 Å². The molecule has 1 aromatic carbocycles. The van der Waals surface area contributed by atoms with Gasteiger partial charge in [-0.25, -0.2) is 4.98 Å². The second-order valence-corrected chi connectivity index (χ2v) is 7.39. The number of benzene rings is 1. The Kier molecular flexibility index (Phi) is 9.20. The van der Waals surface area contributed by atoms with Crippen LogP contribution in [0, 0.1) is 6.92 Å². The highest BCUT2D eigenvalue weighted by Gasteiger charge is 2.34. The minimum absolute atomic E-state index is 0. The van der Waals surface area contributed by atoms with Gasteiger partial charge in [0.05, 0.1) is 17.6 Å². The molecule has 0 saturated carbocycles. The largest absolute Gasteiger partial charge is 0.401 e. The minimum atomic E-state index is -4.15. The van der Waals surface area contributed by atoms with Crippen molar-refractivity contribution in [3.8, 4) is 0 Å². The van der Waals surface area contributed by atoms with Gasteiger partial charge in [-0.15, -0.1) is 24.0 Å². The zero-order valence-corrected chi connectivity index (χ0v) is 19.7. The predicted molar refractivity (Wildman–Crippen MR) is 125 cm³/mol. The topological polar surface area (TPSA) is 57.5 Å². The first-order valence-corrected chi connectivity index (χ1v) is 10.1. The zero-order valence-electron chi connectivity index (χ0n) is 17.4. The Labute approximate surface area is 192 Å². The van der Waals surface area contributed by atoms with E-state index in [1.807, 2.05) is 32.0 Å². The SMILES string of the molecule is CCNC(=NCCCn1c(C)nc2ccccc21)NC1CCN(CC(F)(F)F)C1.I. The van der Waals surface area contributed by atoms with Crippen LogP contribution in [0.3, 0.4) is 0 Å². The Morgan fingerprint density at radius 3 is 2.80 bits per heavy atom. The quantitative estimate of drug-likeness (QED) is 0.245. The summed E-state index contributed by atoms with van der Waals surface area (Å²) in [6.07, 6.45) is -2.62. The molecule has 1 fully saturated rings. The fourth-order valence-electron chi connectivity index (χ4n) is 3.76. The third-order valence-corrected chi connectivity index (χ3v) is 5.02. The highest BCUT2D eigenvalue weighted by Crippen LogP contribution is 2.20. The van der Waals surface area contributed by atoms with E-state index in [0.717, 1.165) is 29.8 Å². The number of aryl methyl sites for hydroxylation is 2. The van der Waals surface area contributed by atoms with Crippen molar-refractivity contribution >= 4 is 41.0 Å². The third-order valence-electron chi connectivity index (χ3n) is 5.02. The maximum Gasteiger partial charge on any atom is 0.401 e. The van der Waals surface area contributed by atoms with Crippen molar-refractivity contribution in [3.63, 3.8) is 0 Å². The number of likely N-dealkylation sites (tertiary alicyclic amines) is 1. The summed E-state index contributed by atoms with van der Waals surface area (Å²) in [4.78, 5) is 10.6. The first kappa shape index (κ1) is 24.7. The van der Waals surface area contributed by atoms with Crippen LogP contribution < -0.4 is 10.6 Å². The van der Waals surface area contributed by atoms with Gasteiger partial charge in [0.15, 0.2) is 5.96 Å². The molecule has 2 heterocycles. The first-order chi connectivity index (χ1) is 13.9. The lowest BCUT2D eigenvalue weighted by Gasteiger charge is -2.19. The van der Waals surface area contributed by atoms with E-state index in [1.54, 1.807) is 0 Å². The van der Waals surface area contributed by atoms with E-state index in [2.05, 4.69) is 31.2 Å². The molecule has 10 heteroatoms. The molecule has 6 nitrogen and oxygen atoms in total. The molecule has 0 spiro atoms. The molecule has 0 bridgehead atoms. The van der Waals surface area contributed by atoms with E-state index in [0.29, 0.717) is 38.6 Å². The van der Waals surface area contributed by atoms with E-state index in [-0.39, 0.29) is 30.0 Å². The smallest absolute Gasteiger partial charge is 0.357 e. The van der Waals surface area contributed by atoms with E-state index in [9.17, 15) is 13.2 Å². The van der Waals surface area contributed by atoms with Crippen LogP contribution in [0.2, 0.25) is 0 Å². The molecule has 0 radical (unpaired) electrons. The number of nitrogens with one attached hydrogen (secondary N) is 2. The summed E-state index contributed by atoms with van der Waals surface area (Å²) >= 11 is 0. The maximum atomic E-state index is 12.6. The summed E-state index contributed by atoms with van der Waals surface area (Å²) in [7, 11) is 0. The van der Waals surface area contributed by atoms with Crippen molar-refractivity contribution in [3.05, 3.63) is 30.1 Å². The second kappa shape index (κ2) is 11.2. The highest BCUT2D eigenvalue weighted by atomic mass is 127. The Hall–Kier alpha value is -1.56. The Balaban J connectivity index is 0.00000320. The Bertz CT molecular complexity index is 836. The van der Waals surface area contributed by atoms with Crippen molar-refractivity contribution in [1.82, 2.24) is 25.1 Å². The van der Waals surface area contributed by atoms with E-state index in [4.69, 9.17) is 0 Å². The highest BCUT2D eigenvalue weighted by molar-refractivity contribution is 14.0. The molecule has 1 aliphatic rings. The van der Waals surface area contributed by atoms with Crippen molar-refractivity contribution in [2.75, 3.05) is 32.7 Å². The number of hydrogen-bond donors (Lipinski definition) is 2. The molecule has 1 saturated heterocycles. The number of alkyl halides is 3. The molecule has 2 N–H and O–H groups in total. The normalized spacial score (nSPS) is 17.9. The summed E-state index contributed by atoms with van der Waals surface area (Å²) in [5, 5.41) is 6.46. The molecular weight excluding hydrogens is 508 g/mol. The van der Waals surface area contributed by atoms with Crippen LogP contribution in [0.1, 0.15) is 25.6 Å². The summed E-state index contributed by atoms with van der Waals surface area (Å²) in [6.45, 7) is 6.10. The summed E-state index contributed by atoms with van der Waals surface area (Å²) in [6, 6.07) is 8.05. The summed E-state index contributed by atoms with van der Waals surface area (Å²) in [5.41, 5.74) is 2.11. The molecule has 30 heavy (non-hydrogen) atoms. The monoisotopic (exact) mass is 538 g/mol. The van der Waals surface area contributed by atoms with Crippen molar-refractivity contribution in [1.29, 1.82) is 0 Å². The van der Waals surface area contributed by atoms with Gasteiger partial charge >= 0.3 is 6.18 Å². The van der Waals surface area contributed by atoms with Gasteiger partial charge in [-0.1, -0.05) is 12.1 Å². The van der Waals surface area contributed by atoms with Crippen molar-refractivity contribution < 1.29 is 13.2 Å². The summed E-state index contributed by atoms with van der Waals surface area (Å²) < 4.78 is 39.9. The minimum Gasteiger partial charge on any atom is -0.357 e. The number of imidazole rings is 1. The molecule has 2 aromatic rings. The van der Waals surface area contributed by atoms with Gasteiger partial charge in [0, 0.05) is 38.8 Å². The molecule has 3 rings (SSSR count). The number of halogens is 4. The molecule has 168 valence electrons.